The summed E-state index contributed by atoms with van der Waals surface area (Å²) in [6.07, 6.45) is 7.87. The van der Waals surface area contributed by atoms with Crippen molar-refractivity contribution in [3.8, 4) is 16.9 Å². The summed E-state index contributed by atoms with van der Waals surface area (Å²) in [7, 11) is 2.10. The predicted molar refractivity (Wildman–Crippen MR) is 134 cm³/mol. The Balaban J connectivity index is 1.40. The molecule has 0 aliphatic carbocycles. The zero-order chi connectivity index (χ0) is 23.9. The third kappa shape index (κ3) is 3.94. The van der Waals surface area contributed by atoms with Gasteiger partial charge in [-0.3, -0.25) is 4.79 Å². The van der Waals surface area contributed by atoms with Gasteiger partial charge in [0.15, 0.2) is 0 Å². The number of rotatable bonds is 6. The minimum absolute atomic E-state index is 0.307. The number of primary amides is 1. The SMILES string of the molecule is CN1CCC[C@@H]1COc1cc(-c2ccc3c(c2)ncn3C2CCCOC2)c2nc[nH]c2c1C(N)=O. The van der Waals surface area contributed by atoms with E-state index in [0.717, 1.165) is 61.0 Å². The minimum Gasteiger partial charge on any atom is -0.491 e. The fraction of sp³-hybridized carbons (Fsp3) is 0.423. The van der Waals surface area contributed by atoms with Gasteiger partial charge >= 0.3 is 0 Å². The Kier molecular flexibility index (Phi) is 5.66. The van der Waals surface area contributed by atoms with Crippen LogP contribution in [0.15, 0.2) is 36.9 Å². The molecule has 2 saturated heterocycles. The summed E-state index contributed by atoms with van der Waals surface area (Å²) in [4.78, 5) is 27.0. The van der Waals surface area contributed by atoms with E-state index in [0.29, 0.717) is 47.6 Å². The van der Waals surface area contributed by atoms with Crippen LogP contribution >= 0.6 is 0 Å². The van der Waals surface area contributed by atoms with Crippen LogP contribution < -0.4 is 10.5 Å². The number of amides is 1. The van der Waals surface area contributed by atoms with E-state index in [2.05, 4.69) is 49.7 Å². The van der Waals surface area contributed by atoms with Crippen molar-refractivity contribution in [2.75, 3.05) is 33.4 Å². The standard InChI is InChI=1S/C26H30N6O3/c1-31-8-2-4-17(31)13-35-22-11-19(24-25(29-14-28-24)23(22)26(27)33)16-6-7-21-20(10-16)30-15-32(21)18-5-3-9-34-12-18/h6-7,10-11,14-15,17-18H,2-5,8-9,12-13H2,1H3,(H2,27,33)(H,28,29)/t17-,18?/m1/s1. The number of likely N-dealkylation sites (tertiary alicyclic amines) is 1. The van der Waals surface area contributed by atoms with Gasteiger partial charge in [-0.1, -0.05) is 6.07 Å². The van der Waals surface area contributed by atoms with Gasteiger partial charge in [0.1, 0.15) is 17.9 Å². The fourth-order valence-corrected chi connectivity index (χ4v) is 5.47. The molecule has 9 heteroatoms. The predicted octanol–water partition coefficient (Wildman–Crippen LogP) is 3.50. The second-order valence-electron chi connectivity index (χ2n) is 9.60. The maximum absolute atomic E-state index is 12.4. The second-order valence-corrected chi connectivity index (χ2v) is 9.60. The molecule has 3 N–H and O–H groups in total. The summed E-state index contributed by atoms with van der Waals surface area (Å²) >= 11 is 0. The molecule has 2 aromatic carbocycles. The lowest BCUT2D eigenvalue weighted by Gasteiger charge is -2.23. The van der Waals surface area contributed by atoms with Crippen LogP contribution in [0.2, 0.25) is 0 Å². The van der Waals surface area contributed by atoms with Gasteiger partial charge in [0.2, 0.25) is 0 Å². The summed E-state index contributed by atoms with van der Waals surface area (Å²) < 4.78 is 14.1. The van der Waals surface area contributed by atoms with Gasteiger partial charge in [0.25, 0.3) is 5.91 Å². The average molecular weight is 475 g/mol. The monoisotopic (exact) mass is 474 g/mol. The van der Waals surface area contributed by atoms with E-state index in [1.165, 1.54) is 0 Å². The Morgan fingerprint density at radius 1 is 1.26 bits per heavy atom. The van der Waals surface area contributed by atoms with Crippen LogP contribution in [0.1, 0.15) is 42.1 Å². The minimum atomic E-state index is -0.538. The van der Waals surface area contributed by atoms with Crippen LogP contribution in [-0.4, -0.2) is 69.8 Å². The molecule has 2 aliphatic heterocycles. The van der Waals surface area contributed by atoms with Crippen molar-refractivity contribution in [1.82, 2.24) is 24.4 Å². The lowest BCUT2D eigenvalue weighted by atomic mass is 9.99. The van der Waals surface area contributed by atoms with E-state index in [1.54, 1.807) is 6.33 Å². The number of aromatic amines is 1. The smallest absolute Gasteiger partial charge is 0.254 e. The molecule has 9 nitrogen and oxygen atoms in total. The molecule has 2 aromatic heterocycles. The molecular formula is C26H30N6O3. The Morgan fingerprint density at radius 3 is 2.94 bits per heavy atom. The van der Waals surface area contributed by atoms with Crippen LogP contribution in [0, 0.1) is 0 Å². The summed E-state index contributed by atoms with van der Waals surface area (Å²) in [5.74, 6) is -0.0565. The van der Waals surface area contributed by atoms with E-state index >= 15 is 0 Å². The Labute approximate surface area is 203 Å². The summed E-state index contributed by atoms with van der Waals surface area (Å²) in [6.45, 7) is 3.10. The van der Waals surface area contributed by atoms with Gasteiger partial charge in [0.05, 0.1) is 47.4 Å². The number of carbonyl (C=O) groups is 1. The van der Waals surface area contributed by atoms with Gasteiger partial charge < -0.3 is 29.7 Å². The number of imidazole rings is 2. The molecule has 2 fully saturated rings. The van der Waals surface area contributed by atoms with E-state index in [9.17, 15) is 4.79 Å². The first-order valence-corrected chi connectivity index (χ1v) is 12.3. The molecule has 182 valence electrons. The molecule has 0 saturated carbocycles. The van der Waals surface area contributed by atoms with Gasteiger partial charge in [0, 0.05) is 18.2 Å². The molecule has 2 atom stereocenters. The molecule has 2 aliphatic rings. The zero-order valence-corrected chi connectivity index (χ0v) is 19.9. The maximum atomic E-state index is 12.4. The highest BCUT2D eigenvalue weighted by Crippen LogP contribution is 2.37. The number of nitrogens with zero attached hydrogens (tertiary/aromatic N) is 4. The van der Waals surface area contributed by atoms with E-state index in [4.69, 9.17) is 15.2 Å². The third-order valence-electron chi connectivity index (χ3n) is 7.43. The van der Waals surface area contributed by atoms with Gasteiger partial charge in [-0.05, 0) is 63.0 Å². The number of hydrogen-bond donors (Lipinski definition) is 2. The Hall–Kier alpha value is -3.43. The molecular weight excluding hydrogens is 444 g/mol. The molecule has 6 rings (SSSR count). The molecule has 1 unspecified atom stereocenters. The number of likely N-dealkylation sites (N-methyl/N-ethyl adjacent to an activating group) is 1. The van der Waals surface area contributed by atoms with Crippen molar-refractivity contribution in [1.29, 1.82) is 0 Å². The molecule has 0 bridgehead atoms. The quantitative estimate of drug-likeness (QED) is 0.442. The molecule has 4 heterocycles. The van der Waals surface area contributed by atoms with Crippen molar-refractivity contribution in [2.24, 2.45) is 5.73 Å². The van der Waals surface area contributed by atoms with Crippen LogP contribution in [0.4, 0.5) is 0 Å². The van der Waals surface area contributed by atoms with Crippen molar-refractivity contribution in [2.45, 2.75) is 37.8 Å². The lowest BCUT2D eigenvalue weighted by molar-refractivity contribution is 0.0605. The van der Waals surface area contributed by atoms with E-state index in [-0.39, 0.29) is 0 Å². The first kappa shape index (κ1) is 22.1. The van der Waals surface area contributed by atoms with Crippen molar-refractivity contribution in [3.63, 3.8) is 0 Å². The van der Waals surface area contributed by atoms with Crippen LogP contribution in [0.5, 0.6) is 5.75 Å². The van der Waals surface area contributed by atoms with Gasteiger partial charge in [-0.25, -0.2) is 9.97 Å². The number of hydrogen-bond acceptors (Lipinski definition) is 6. The molecule has 0 radical (unpaired) electrons. The summed E-state index contributed by atoms with van der Waals surface area (Å²) in [5, 5.41) is 0. The van der Waals surface area contributed by atoms with E-state index < -0.39 is 5.91 Å². The topological polar surface area (TPSA) is 111 Å². The zero-order valence-electron chi connectivity index (χ0n) is 19.9. The Bertz CT molecular complexity index is 1390. The molecule has 35 heavy (non-hydrogen) atoms. The summed E-state index contributed by atoms with van der Waals surface area (Å²) in [6, 6.07) is 8.76. The first-order valence-electron chi connectivity index (χ1n) is 12.3. The number of nitrogens with one attached hydrogen (secondary N) is 1. The molecule has 0 spiro atoms. The number of fused-ring (bicyclic) bond motifs is 2. The van der Waals surface area contributed by atoms with Crippen LogP contribution in [0.25, 0.3) is 33.2 Å². The summed E-state index contributed by atoms with van der Waals surface area (Å²) in [5.41, 5.74) is 11.2. The van der Waals surface area contributed by atoms with Crippen LogP contribution in [-0.2, 0) is 4.74 Å². The molecule has 4 aromatic rings. The van der Waals surface area contributed by atoms with Gasteiger partial charge in [-0.15, -0.1) is 0 Å². The number of benzene rings is 2. The number of carbonyl (C=O) groups excluding carboxylic acids is 1. The second kappa shape index (κ2) is 8.98. The number of ether oxygens (including phenoxy) is 2. The average Bonchev–Trinajstić information content (AvgIpc) is 3.61. The number of nitrogens with two attached hydrogens (primary N) is 1. The lowest BCUT2D eigenvalue weighted by Crippen LogP contribution is -2.31. The van der Waals surface area contributed by atoms with E-state index in [1.807, 2.05) is 12.4 Å². The normalized spacial score (nSPS) is 21.2. The Morgan fingerprint density at radius 2 is 2.17 bits per heavy atom. The maximum Gasteiger partial charge on any atom is 0.254 e. The highest BCUT2D eigenvalue weighted by molar-refractivity contribution is 6.10. The number of aromatic nitrogens is 4. The van der Waals surface area contributed by atoms with Crippen molar-refractivity contribution >= 4 is 28.0 Å². The molecule has 1 amide bonds. The first-order chi connectivity index (χ1) is 17.1. The third-order valence-corrected chi connectivity index (χ3v) is 7.43. The number of H-pyrrole nitrogens is 1. The van der Waals surface area contributed by atoms with Crippen molar-refractivity contribution < 1.29 is 14.3 Å². The fourth-order valence-electron chi connectivity index (χ4n) is 5.47. The van der Waals surface area contributed by atoms with Gasteiger partial charge in [-0.2, -0.15) is 0 Å². The van der Waals surface area contributed by atoms with Crippen molar-refractivity contribution in [3.05, 3.63) is 42.5 Å². The van der Waals surface area contributed by atoms with Crippen LogP contribution in [0.3, 0.4) is 0 Å². The highest BCUT2D eigenvalue weighted by atomic mass is 16.5. The highest BCUT2D eigenvalue weighted by Gasteiger charge is 2.25. The largest absolute Gasteiger partial charge is 0.491 e.